The zero-order chi connectivity index (χ0) is 34.9. The molecule has 1 aliphatic carbocycles. The first-order chi connectivity index (χ1) is 22.5. The maximum Gasteiger partial charge on any atom is 0.407 e. The number of sulfonamides is 1. The van der Waals surface area contributed by atoms with Gasteiger partial charge in [0.05, 0.1) is 29.1 Å². The molecule has 2 amide bonds. The SMILES string of the molecule is CC1(C)CC(CCCOc2ccc(S(=O)(=O)NC(=O)c3ccc(-n4ccc(OCCC5(C(F)(F)F)CC5)n4)nc3Cl)cc2)CN1C(=O)O. The van der Waals surface area contributed by atoms with Gasteiger partial charge in [-0.05, 0) is 94.7 Å². The molecule has 2 aromatic heterocycles. The fraction of sp³-hybridized carbons (Fsp3) is 0.484. The lowest BCUT2D eigenvalue weighted by Gasteiger charge is -2.28. The number of amides is 2. The van der Waals surface area contributed by atoms with Gasteiger partial charge in [0.25, 0.3) is 15.9 Å². The monoisotopic (exact) mass is 713 g/mol. The van der Waals surface area contributed by atoms with Crippen LogP contribution in [0.3, 0.4) is 0 Å². The number of hydrogen-bond acceptors (Lipinski definition) is 8. The molecule has 48 heavy (non-hydrogen) atoms. The highest BCUT2D eigenvalue weighted by atomic mass is 35.5. The molecule has 2 fully saturated rings. The molecule has 1 aromatic carbocycles. The lowest BCUT2D eigenvalue weighted by Crippen LogP contribution is -2.41. The van der Waals surface area contributed by atoms with Gasteiger partial charge < -0.3 is 19.5 Å². The fourth-order valence-corrected chi connectivity index (χ4v) is 7.04. The first kappa shape index (κ1) is 35.3. The van der Waals surface area contributed by atoms with Crippen LogP contribution in [-0.2, 0) is 10.0 Å². The largest absolute Gasteiger partial charge is 0.494 e. The summed E-state index contributed by atoms with van der Waals surface area (Å²) in [5, 5.41) is 13.2. The minimum atomic E-state index is -4.28. The number of hydrogen-bond donors (Lipinski definition) is 2. The Morgan fingerprint density at radius 1 is 1.08 bits per heavy atom. The molecule has 1 saturated heterocycles. The van der Waals surface area contributed by atoms with Crippen molar-refractivity contribution in [3.8, 4) is 17.4 Å². The molecule has 0 bridgehead atoms. The normalized spacial score (nSPS) is 18.4. The number of rotatable bonds is 13. The van der Waals surface area contributed by atoms with E-state index in [1.54, 1.807) is 0 Å². The summed E-state index contributed by atoms with van der Waals surface area (Å²) in [5.74, 6) is -0.109. The van der Waals surface area contributed by atoms with Crippen LogP contribution in [0, 0.1) is 11.3 Å². The number of likely N-dealkylation sites (tertiary alicyclic amines) is 1. The second-order valence-corrected chi connectivity index (χ2v) is 14.7. The molecule has 2 aliphatic rings. The van der Waals surface area contributed by atoms with Crippen molar-refractivity contribution in [1.82, 2.24) is 24.4 Å². The van der Waals surface area contributed by atoms with Crippen LogP contribution in [0.15, 0.2) is 53.6 Å². The quantitative estimate of drug-likeness (QED) is 0.158. The van der Waals surface area contributed by atoms with Crippen molar-refractivity contribution in [3.63, 3.8) is 0 Å². The molecule has 1 saturated carbocycles. The molecule has 260 valence electrons. The summed E-state index contributed by atoms with van der Waals surface area (Å²) in [6.45, 7) is 4.50. The molecule has 0 spiro atoms. The number of nitrogens with zero attached hydrogens (tertiary/aromatic N) is 4. The van der Waals surface area contributed by atoms with Crippen molar-refractivity contribution in [2.24, 2.45) is 11.3 Å². The molecule has 5 rings (SSSR count). The van der Waals surface area contributed by atoms with Crippen molar-refractivity contribution in [3.05, 3.63) is 59.4 Å². The van der Waals surface area contributed by atoms with Crippen LogP contribution in [-0.4, -0.2) is 76.7 Å². The van der Waals surface area contributed by atoms with Crippen LogP contribution in [0.5, 0.6) is 11.6 Å². The van der Waals surface area contributed by atoms with E-state index in [0.29, 0.717) is 25.3 Å². The van der Waals surface area contributed by atoms with Gasteiger partial charge in [-0.15, -0.1) is 5.10 Å². The van der Waals surface area contributed by atoms with Crippen molar-refractivity contribution < 1.29 is 45.8 Å². The third-order valence-electron chi connectivity index (χ3n) is 8.74. The Morgan fingerprint density at radius 3 is 2.40 bits per heavy atom. The number of carbonyl (C=O) groups excluding carboxylic acids is 1. The van der Waals surface area contributed by atoms with E-state index in [1.165, 1.54) is 58.2 Å². The number of nitrogens with one attached hydrogen (secondary N) is 1. The van der Waals surface area contributed by atoms with E-state index in [4.69, 9.17) is 21.1 Å². The highest BCUT2D eigenvalue weighted by Crippen LogP contribution is 2.59. The number of carbonyl (C=O) groups is 2. The van der Waals surface area contributed by atoms with Crippen LogP contribution in [0.2, 0.25) is 5.15 Å². The molecule has 0 radical (unpaired) electrons. The lowest BCUT2D eigenvalue weighted by atomic mass is 9.93. The number of alkyl halides is 3. The van der Waals surface area contributed by atoms with Gasteiger partial charge in [0.2, 0.25) is 5.88 Å². The fourth-order valence-electron chi connectivity index (χ4n) is 5.84. The summed E-state index contributed by atoms with van der Waals surface area (Å²) in [4.78, 5) is 29.7. The average molecular weight is 714 g/mol. The van der Waals surface area contributed by atoms with E-state index >= 15 is 0 Å². The Labute approximate surface area is 280 Å². The van der Waals surface area contributed by atoms with Gasteiger partial charge in [-0.25, -0.2) is 27.6 Å². The lowest BCUT2D eigenvalue weighted by molar-refractivity contribution is -0.190. The van der Waals surface area contributed by atoms with E-state index < -0.39 is 39.2 Å². The molecule has 12 nitrogen and oxygen atoms in total. The van der Waals surface area contributed by atoms with E-state index in [-0.39, 0.29) is 59.1 Å². The minimum absolute atomic E-state index is 0.0810. The molecule has 1 atom stereocenters. The third-order valence-corrected chi connectivity index (χ3v) is 10.4. The Balaban J connectivity index is 1.10. The summed E-state index contributed by atoms with van der Waals surface area (Å²) < 4.78 is 79.5. The average Bonchev–Trinajstić information content (AvgIpc) is 3.55. The van der Waals surface area contributed by atoms with Gasteiger partial charge in [0, 0.05) is 24.3 Å². The molecule has 1 unspecified atom stereocenters. The van der Waals surface area contributed by atoms with Crippen LogP contribution < -0.4 is 14.2 Å². The zero-order valence-corrected chi connectivity index (χ0v) is 27.7. The predicted molar refractivity (Wildman–Crippen MR) is 167 cm³/mol. The minimum Gasteiger partial charge on any atom is -0.494 e. The highest BCUT2D eigenvalue weighted by molar-refractivity contribution is 7.90. The van der Waals surface area contributed by atoms with E-state index in [9.17, 15) is 36.3 Å². The maximum atomic E-state index is 13.1. The number of carboxylic acid groups (broad SMARTS) is 1. The Morgan fingerprint density at radius 2 is 1.79 bits per heavy atom. The van der Waals surface area contributed by atoms with Crippen LogP contribution in [0.25, 0.3) is 5.82 Å². The molecule has 1 aliphatic heterocycles. The maximum absolute atomic E-state index is 13.1. The molecule has 3 aromatic rings. The van der Waals surface area contributed by atoms with Gasteiger partial charge in [-0.3, -0.25) is 4.79 Å². The van der Waals surface area contributed by atoms with Crippen molar-refractivity contribution in [1.29, 1.82) is 0 Å². The Bertz CT molecular complexity index is 1760. The van der Waals surface area contributed by atoms with E-state index in [0.717, 1.165) is 12.8 Å². The van der Waals surface area contributed by atoms with E-state index in [2.05, 4.69) is 10.1 Å². The Kier molecular flexibility index (Phi) is 9.88. The summed E-state index contributed by atoms with van der Waals surface area (Å²) in [7, 11) is -4.28. The smallest absolute Gasteiger partial charge is 0.407 e. The van der Waals surface area contributed by atoms with Crippen LogP contribution in [0.1, 0.15) is 62.7 Å². The highest BCUT2D eigenvalue weighted by Gasteiger charge is 2.62. The summed E-state index contributed by atoms with van der Waals surface area (Å²) in [6.07, 6.45) is -1.50. The van der Waals surface area contributed by atoms with Gasteiger partial charge in [0.15, 0.2) is 5.82 Å². The molecule has 2 N–H and O–H groups in total. The zero-order valence-electron chi connectivity index (χ0n) is 26.2. The molecular weight excluding hydrogens is 679 g/mol. The first-order valence-corrected chi connectivity index (χ1v) is 17.1. The summed E-state index contributed by atoms with van der Waals surface area (Å²) in [5.41, 5.74) is -2.31. The molecular formula is C31H35ClF3N5O7S. The summed E-state index contributed by atoms with van der Waals surface area (Å²) in [6, 6.07) is 9.60. The number of halogens is 4. The van der Waals surface area contributed by atoms with Gasteiger partial charge in [0.1, 0.15) is 10.9 Å². The number of ether oxygens (including phenoxy) is 2. The topological polar surface area (TPSA) is 153 Å². The van der Waals surface area contributed by atoms with Gasteiger partial charge in [-0.1, -0.05) is 11.6 Å². The van der Waals surface area contributed by atoms with Crippen LogP contribution in [0.4, 0.5) is 18.0 Å². The first-order valence-electron chi connectivity index (χ1n) is 15.2. The Hall–Kier alpha value is -4.05. The number of benzene rings is 1. The molecule has 17 heteroatoms. The second kappa shape index (κ2) is 13.5. The standard InChI is InChI=1S/C31H35ClF3N5O7S/c1-29(2)18-20(19-39(29)28(42)43)4-3-16-46-21-5-7-22(8-6-21)48(44,45)38-27(41)23-9-10-24(36-26(23)32)40-15-11-25(37-40)47-17-14-30(12-13-30)31(33,34)35/h5-11,15,20H,3-4,12-14,16-19H2,1-2H3,(H,38,41)(H,42,43). The van der Waals surface area contributed by atoms with Gasteiger partial charge in [-0.2, -0.15) is 13.2 Å². The number of aromatic nitrogens is 3. The van der Waals surface area contributed by atoms with Crippen molar-refractivity contribution >= 4 is 33.6 Å². The third kappa shape index (κ3) is 7.97. The van der Waals surface area contributed by atoms with Gasteiger partial charge >= 0.3 is 12.3 Å². The van der Waals surface area contributed by atoms with Crippen molar-refractivity contribution in [2.45, 2.75) is 69.0 Å². The van der Waals surface area contributed by atoms with Crippen LogP contribution >= 0.6 is 11.6 Å². The van der Waals surface area contributed by atoms with Crippen molar-refractivity contribution in [2.75, 3.05) is 19.8 Å². The summed E-state index contributed by atoms with van der Waals surface area (Å²) >= 11 is 6.21. The van der Waals surface area contributed by atoms with E-state index in [1.807, 2.05) is 18.6 Å². The molecule has 3 heterocycles. The predicted octanol–water partition coefficient (Wildman–Crippen LogP) is 6.09. The number of pyridine rings is 1. The second-order valence-electron chi connectivity index (χ2n) is 12.7.